The largest absolute Gasteiger partial charge is 0.383 e. The quantitative estimate of drug-likeness (QED) is 0.698. The van der Waals surface area contributed by atoms with Gasteiger partial charge in [0, 0.05) is 26.2 Å². The first-order valence-electron chi connectivity index (χ1n) is 4.82. The van der Waals surface area contributed by atoms with Crippen LogP contribution in [0.2, 0.25) is 0 Å². The molecule has 0 aromatic rings. The van der Waals surface area contributed by atoms with Gasteiger partial charge in [0.05, 0.1) is 6.61 Å². The lowest BCUT2D eigenvalue weighted by Crippen LogP contribution is -2.47. The van der Waals surface area contributed by atoms with E-state index in [0.29, 0.717) is 12.6 Å². The summed E-state index contributed by atoms with van der Waals surface area (Å²) in [6.07, 6.45) is 0. The van der Waals surface area contributed by atoms with E-state index >= 15 is 0 Å². The average molecular weight is 188 g/mol. The molecule has 3 heteroatoms. The lowest BCUT2D eigenvalue weighted by molar-refractivity contribution is 0.0926. The van der Waals surface area contributed by atoms with Crippen molar-refractivity contribution < 1.29 is 4.74 Å². The predicted octanol–water partition coefficient (Wildman–Crippen LogP) is 0.938. The molecule has 0 rings (SSSR count). The van der Waals surface area contributed by atoms with Crippen molar-refractivity contribution in [2.75, 3.05) is 33.9 Å². The molecule has 0 aromatic carbocycles. The van der Waals surface area contributed by atoms with Crippen molar-refractivity contribution in [2.45, 2.75) is 26.8 Å². The number of ether oxygens (including phenoxy) is 1. The molecule has 0 amide bonds. The fraction of sp³-hybridized carbons (Fsp3) is 1.00. The highest BCUT2D eigenvalue weighted by Crippen LogP contribution is 2.22. The molecule has 0 aliphatic rings. The lowest BCUT2D eigenvalue weighted by atomic mass is 9.86. The minimum absolute atomic E-state index is 0.233. The van der Waals surface area contributed by atoms with Crippen LogP contribution in [0.3, 0.4) is 0 Å². The van der Waals surface area contributed by atoms with E-state index in [1.165, 1.54) is 0 Å². The van der Waals surface area contributed by atoms with E-state index in [1.54, 1.807) is 7.11 Å². The summed E-state index contributed by atoms with van der Waals surface area (Å²) < 4.78 is 5.04. The molecule has 0 fully saturated rings. The summed E-state index contributed by atoms with van der Waals surface area (Å²) in [7, 11) is 3.82. The van der Waals surface area contributed by atoms with Gasteiger partial charge < -0.3 is 10.5 Å². The fourth-order valence-corrected chi connectivity index (χ4v) is 1.59. The number of nitrogens with two attached hydrogens (primary N) is 1. The van der Waals surface area contributed by atoms with Crippen LogP contribution in [0.1, 0.15) is 20.8 Å². The molecule has 0 saturated carbocycles. The Kier molecular flexibility index (Phi) is 5.53. The van der Waals surface area contributed by atoms with Crippen LogP contribution in [0, 0.1) is 5.41 Å². The number of likely N-dealkylation sites (N-methyl/N-ethyl adjacent to an activating group) is 1. The zero-order valence-electron chi connectivity index (χ0n) is 9.63. The summed E-state index contributed by atoms with van der Waals surface area (Å²) >= 11 is 0. The van der Waals surface area contributed by atoms with Crippen LogP contribution in [0.15, 0.2) is 0 Å². The van der Waals surface area contributed by atoms with Gasteiger partial charge in [0.2, 0.25) is 0 Å². The maximum atomic E-state index is 5.75. The summed E-state index contributed by atoms with van der Waals surface area (Å²) in [5.74, 6) is 0. The third kappa shape index (κ3) is 4.60. The van der Waals surface area contributed by atoms with Gasteiger partial charge in [-0.2, -0.15) is 0 Å². The molecule has 0 aliphatic carbocycles. The second-order valence-corrected chi connectivity index (χ2v) is 4.59. The van der Waals surface area contributed by atoms with Crippen LogP contribution in [-0.2, 0) is 4.74 Å². The first kappa shape index (κ1) is 12.9. The maximum Gasteiger partial charge on any atom is 0.0589 e. The third-order valence-corrected chi connectivity index (χ3v) is 2.40. The Morgan fingerprint density at radius 1 is 1.38 bits per heavy atom. The van der Waals surface area contributed by atoms with Gasteiger partial charge in [-0.1, -0.05) is 20.8 Å². The van der Waals surface area contributed by atoms with Gasteiger partial charge in [0.15, 0.2) is 0 Å². The first-order chi connectivity index (χ1) is 5.93. The molecule has 0 aromatic heterocycles. The van der Waals surface area contributed by atoms with Gasteiger partial charge in [0.1, 0.15) is 0 Å². The zero-order valence-corrected chi connectivity index (χ0v) is 9.63. The molecule has 80 valence electrons. The molecular formula is C10H24N2O. The molecule has 0 radical (unpaired) electrons. The summed E-state index contributed by atoms with van der Waals surface area (Å²) in [6, 6.07) is 0.419. The van der Waals surface area contributed by atoms with Crippen molar-refractivity contribution in [1.82, 2.24) is 4.90 Å². The Morgan fingerprint density at radius 2 is 1.92 bits per heavy atom. The van der Waals surface area contributed by atoms with Crippen molar-refractivity contribution in [2.24, 2.45) is 11.1 Å². The van der Waals surface area contributed by atoms with E-state index in [1.807, 2.05) is 0 Å². The van der Waals surface area contributed by atoms with Gasteiger partial charge in [0.25, 0.3) is 0 Å². The standard InChI is InChI=1S/C10H24N2O/c1-10(2,3)9(8-11)12(4)6-7-13-5/h9H,6-8,11H2,1-5H3. The zero-order chi connectivity index (χ0) is 10.5. The molecule has 0 spiro atoms. The van der Waals surface area contributed by atoms with Gasteiger partial charge in [-0.25, -0.2) is 0 Å². The molecule has 2 N–H and O–H groups in total. The van der Waals surface area contributed by atoms with E-state index in [9.17, 15) is 0 Å². The van der Waals surface area contributed by atoms with Gasteiger partial charge in [-0.15, -0.1) is 0 Å². The SMILES string of the molecule is COCCN(C)C(CN)C(C)(C)C. The minimum atomic E-state index is 0.233. The number of hydrogen-bond donors (Lipinski definition) is 1. The molecule has 1 unspecified atom stereocenters. The number of nitrogens with zero attached hydrogens (tertiary/aromatic N) is 1. The normalized spacial score (nSPS) is 15.0. The van der Waals surface area contributed by atoms with E-state index < -0.39 is 0 Å². The lowest BCUT2D eigenvalue weighted by Gasteiger charge is -2.37. The predicted molar refractivity (Wildman–Crippen MR) is 56.8 cm³/mol. The molecular weight excluding hydrogens is 164 g/mol. The second kappa shape index (κ2) is 5.58. The molecule has 3 nitrogen and oxygen atoms in total. The maximum absolute atomic E-state index is 5.75. The minimum Gasteiger partial charge on any atom is -0.383 e. The van der Waals surface area contributed by atoms with E-state index in [0.717, 1.165) is 13.2 Å². The Hall–Kier alpha value is -0.120. The van der Waals surface area contributed by atoms with Crippen molar-refractivity contribution >= 4 is 0 Å². The second-order valence-electron chi connectivity index (χ2n) is 4.59. The van der Waals surface area contributed by atoms with Crippen molar-refractivity contribution in [3.8, 4) is 0 Å². The number of methoxy groups -OCH3 is 1. The van der Waals surface area contributed by atoms with Crippen LogP contribution < -0.4 is 5.73 Å². The molecule has 0 saturated heterocycles. The van der Waals surface area contributed by atoms with Crippen molar-refractivity contribution in [3.05, 3.63) is 0 Å². The Bertz CT molecular complexity index is 131. The molecule has 0 aliphatic heterocycles. The molecule has 13 heavy (non-hydrogen) atoms. The first-order valence-corrected chi connectivity index (χ1v) is 4.82. The fourth-order valence-electron chi connectivity index (χ4n) is 1.59. The number of hydrogen-bond acceptors (Lipinski definition) is 3. The topological polar surface area (TPSA) is 38.5 Å². The van der Waals surface area contributed by atoms with Gasteiger partial charge >= 0.3 is 0 Å². The summed E-state index contributed by atoms with van der Waals surface area (Å²) in [5.41, 5.74) is 5.98. The average Bonchev–Trinajstić information content (AvgIpc) is 1.99. The smallest absolute Gasteiger partial charge is 0.0589 e. The third-order valence-electron chi connectivity index (χ3n) is 2.40. The summed E-state index contributed by atoms with van der Waals surface area (Å²) in [4.78, 5) is 2.27. The summed E-state index contributed by atoms with van der Waals surface area (Å²) in [6.45, 7) is 9.05. The van der Waals surface area contributed by atoms with Crippen LogP contribution in [0.5, 0.6) is 0 Å². The van der Waals surface area contributed by atoms with Crippen LogP contribution in [0.25, 0.3) is 0 Å². The van der Waals surface area contributed by atoms with Crippen LogP contribution >= 0.6 is 0 Å². The van der Waals surface area contributed by atoms with E-state index in [2.05, 4.69) is 32.7 Å². The molecule has 1 atom stereocenters. The van der Waals surface area contributed by atoms with Crippen LogP contribution in [0.4, 0.5) is 0 Å². The van der Waals surface area contributed by atoms with Gasteiger partial charge in [-0.3, -0.25) is 4.90 Å². The van der Waals surface area contributed by atoms with Gasteiger partial charge in [-0.05, 0) is 12.5 Å². The monoisotopic (exact) mass is 188 g/mol. The molecule has 0 bridgehead atoms. The van der Waals surface area contributed by atoms with Crippen molar-refractivity contribution in [1.29, 1.82) is 0 Å². The highest BCUT2D eigenvalue weighted by Gasteiger charge is 2.26. The summed E-state index contributed by atoms with van der Waals surface area (Å²) in [5, 5.41) is 0. The van der Waals surface area contributed by atoms with E-state index in [-0.39, 0.29) is 5.41 Å². The molecule has 0 heterocycles. The highest BCUT2D eigenvalue weighted by atomic mass is 16.5. The van der Waals surface area contributed by atoms with Crippen molar-refractivity contribution in [3.63, 3.8) is 0 Å². The Balaban J connectivity index is 4.07. The highest BCUT2D eigenvalue weighted by molar-refractivity contribution is 4.82. The van der Waals surface area contributed by atoms with Crippen LogP contribution in [-0.4, -0.2) is 44.8 Å². The Morgan fingerprint density at radius 3 is 2.23 bits per heavy atom. The number of rotatable bonds is 5. The Labute approximate surface area is 82.2 Å². The van der Waals surface area contributed by atoms with E-state index in [4.69, 9.17) is 10.5 Å².